The van der Waals surface area contributed by atoms with Crippen molar-refractivity contribution >= 4 is 12.0 Å². The number of hydrogen-bond acceptors (Lipinski definition) is 4. The Morgan fingerprint density at radius 1 is 1.19 bits per heavy atom. The number of nitro benzene ring substituents is 1. The van der Waals surface area contributed by atoms with Gasteiger partial charge in [0.15, 0.2) is 6.29 Å². The third-order valence-corrected chi connectivity index (χ3v) is 2.64. The van der Waals surface area contributed by atoms with Crippen molar-refractivity contribution in [2.45, 2.75) is 0 Å². The van der Waals surface area contributed by atoms with Crippen LogP contribution in [0.5, 0.6) is 5.75 Å². The van der Waals surface area contributed by atoms with Gasteiger partial charge in [-0.2, -0.15) is 0 Å². The first-order chi connectivity index (χ1) is 10.2. The minimum atomic E-state index is -0.564. The minimum absolute atomic E-state index is 0.0908. The van der Waals surface area contributed by atoms with E-state index in [0.29, 0.717) is 6.29 Å². The first-order valence-corrected chi connectivity index (χ1v) is 6.11. The first-order valence-electron chi connectivity index (χ1n) is 6.11. The summed E-state index contributed by atoms with van der Waals surface area (Å²) in [4.78, 5) is 21.0. The summed E-state index contributed by atoms with van der Waals surface area (Å²) in [6.45, 7) is 0.0908. The molecule has 0 aromatic heterocycles. The largest absolute Gasteiger partial charge is 0.480 e. The predicted molar refractivity (Wildman–Crippen MR) is 77.3 cm³/mol. The zero-order chi connectivity index (χ0) is 15.1. The Hall–Kier alpha value is -3.13. The van der Waals surface area contributed by atoms with Crippen molar-refractivity contribution in [2.24, 2.45) is 0 Å². The number of carbonyl (C=O) groups is 1. The molecule has 0 saturated carbocycles. The number of carbonyl (C=O) groups excluding carboxylic acids is 1. The van der Waals surface area contributed by atoms with E-state index in [4.69, 9.17) is 4.74 Å². The van der Waals surface area contributed by atoms with Crippen molar-refractivity contribution in [3.05, 3.63) is 69.8 Å². The van der Waals surface area contributed by atoms with Crippen LogP contribution in [-0.2, 0) is 0 Å². The minimum Gasteiger partial charge on any atom is -0.480 e. The monoisotopic (exact) mass is 281 g/mol. The summed E-state index contributed by atoms with van der Waals surface area (Å²) in [6, 6.07) is 13.3. The summed E-state index contributed by atoms with van der Waals surface area (Å²) in [5, 5.41) is 10.6. The van der Waals surface area contributed by atoms with E-state index >= 15 is 0 Å². The maximum Gasteiger partial charge on any atom is 0.270 e. The van der Waals surface area contributed by atoms with Gasteiger partial charge in [-0.05, 0) is 18.2 Å². The molecule has 0 amide bonds. The molecule has 5 nitrogen and oxygen atoms in total. The number of hydrogen-bond donors (Lipinski definition) is 0. The molecule has 0 unspecified atom stereocenters. The normalized spacial score (nSPS) is 9.33. The van der Waals surface area contributed by atoms with Gasteiger partial charge in [0, 0.05) is 17.7 Å². The molecule has 0 saturated heterocycles. The smallest absolute Gasteiger partial charge is 0.270 e. The maximum absolute atomic E-state index is 10.9. The lowest BCUT2D eigenvalue weighted by atomic mass is 10.2. The van der Waals surface area contributed by atoms with Gasteiger partial charge < -0.3 is 4.74 Å². The van der Waals surface area contributed by atoms with Crippen molar-refractivity contribution in [2.75, 3.05) is 6.61 Å². The number of rotatable bonds is 4. The molecule has 0 aliphatic carbocycles. The molecule has 2 aromatic rings. The molecule has 0 aliphatic heterocycles. The standard InChI is InChI=1S/C16H11NO4/c18-12-14-11-15(17(19)20)8-9-16(14)21-10-4-7-13-5-2-1-3-6-13/h1-3,5-6,8-9,11-12H,10H2. The van der Waals surface area contributed by atoms with Crippen molar-refractivity contribution in [1.82, 2.24) is 0 Å². The molecule has 104 valence electrons. The molecule has 0 fully saturated rings. The molecule has 2 rings (SSSR count). The maximum atomic E-state index is 10.9. The lowest BCUT2D eigenvalue weighted by molar-refractivity contribution is -0.384. The molecule has 0 radical (unpaired) electrons. The van der Waals surface area contributed by atoms with E-state index in [0.717, 1.165) is 5.56 Å². The molecule has 21 heavy (non-hydrogen) atoms. The van der Waals surface area contributed by atoms with E-state index in [1.807, 2.05) is 30.3 Å². The van der Waals surface area contributed by atoms with Gasteiger partial charge in [0.2, 0.25) is 0 Å². The van der Waals surface area contributed by atoms with Gasteiger partial charge in [0.25, 0.3) is 5.69 Å². The summed E-state index contributed by atoms with van der Waals surface area (Å²) in [5.74, 6) is 6.00. The number of nitro groups is 1. The van der Waals surface area contributed by atoms with Crippen molar-refractivity contribution in [3.63, 3.8) is 0 Å². The van der Waals surface area contributed by atoms with E-state index in [-0.39, 0.29) is 23.6 Å². The third kappa shape index (κ3) is 3.91. The Morgan fingerprint density at radius 3 is 2.62 bits per heavy atom. The van der Waals surface area contributed by atoms with Gasteiger partial charge >= 0.3 is 0 Å². The molecular weight excluding hydrogens is 270 g/mol. The van der Waals surface area contributed by atoms with Crippen molar-refractivity contribution in [1.29, 1.82) is 0 Å². The summed E-state index contributed by atoms with van der Waals surface area (Å²) >= 11 is 0. The highest BCUT2D eigenvalue weighted by atomic mass is 16.6. The zero-order valence-electron chi connectivity index (χ0n) is 11.0. The van der Waals surface area contributed by atoms with Gasteiger partial charge in [-0.3, -0.25) is 14.9 Å². The molecule has 0 heterocycles. The van der Waals surface area contributed by atoms with Crippen LogP contribution in [0.25, 0.3) is 0 Å². The van der Waals surface area contributed by atoms with Gasteiger partial charge in [-0.25, -0.2) is 0 Å². The average Bonchev–Trinajstić information content (AvgIpc) is 2.52. The molecular formula is C16H11NO4. The second-order valence-electron chi connectivity index (χ2n) is 4.05. The average molecular weight is 281 g/mol. The van der Waals surface area contributed by atoms with Crippen LogP contribution in [-0.4, -0.2) is 17.8 Å². The molecule has 5 heteroatoms. The fourth-order valence-corrected chi connectivity index (χ4v) is 1.65. The summed E-state index contributed by atoms with van der Waals surface area (Å²) < 4.78 is 5.36. The van der Waals surface area contributed by atoms with E-state index in [9.17, 15) is 14.9 Å². The lowest BCUT2D eigenvalue weighted by Gasteiger charge is -2.04. The lowest BCUT2D eigenvalue weighted by Crippen LogP contribution is -1.99. The zero-order valence-corrected chi connectivity index (χ0v) is 11.0. The second-order valence-corrected chi connectivity index (χ2v) is 4.05. The quantitative estimate of drug-likeness (QED) is 0.374. The van der Waals surface area contributed by atoms with Crippen LogP contribution < -0.4 is 4.74 Å². The SMILES string of the molecule is O=Cc1cc([N+](=O)[O-])ccc1OCC#Cc1ccccc1. The summed E-state index contributed by atoms with van der Waals surface area (Å²) in [6.07, 6.45) is 0.521. The van der Waals surface area contributed by atoms with Gasteiger partial charge in [0.05, 0.1) is 10.5 Å². The number of aldehydes is 1. The van der Waals surface area contributed by atoms with Gasteiger partial charge in [-0.1, -0.05) is 30.0 Å². The van der Waals surface area contributed by atoms with E-state index < -0.39 is 4.92 Å². The van der Waals surface area contributed by atoms with E-state index in [2.05, 4.69) is 11.8 Å². The molecule has 0 spiro atoms. The molecule has 0 N–H and O–H groups in total. The highest BCUT2D eigenvalue weighted by molar-refractivity contribution is 5.80. The molecule has 0 bridgehead atoms. The predicted octanol–water partition coefficient (Wildman–Crippen LogP) is 2.84. The summed E-state index contributed by atoms with van der Waals surface area (Å²) in [7, 11) is 0. The van der Waals surface area contributed by atoms with Crippen LogP contribution in [0, 0.1) is 22.0 Å². The van der Waals surface area contributed by atoms with Crippen LogP contribution in [0.4, 0.5) is 5.69 Å². The van der Waals surface area contributed by atoms with E-state index in [1.54, 1.807) is 0 Å². The molecule has 0 aliphatic rings. The second kappa shape index (κ2) is 6.87. The Kier molecular flexibility index (Phi) is 4.67. The van der Waals surface area contributed by atoms with Gasteiger partial charge in [-0.15, -0.1) is 0 Å². The number of non-ortho nitro benzene ring substituents is 1. The van der Waals surface area contributed by atoms with Crippen LogP contribution in [0.3, 0.4) is 0 Å². The highest BCUT2D eigenvalue weighted by Crippen LogP contribution is 2.22. The molecule has 0 atom stereocenters. The highest BCUT2D eigenvalue weighted by Gasteiger charge is 2.10. The van der Waals surface area contributed by atoms with Gasteiger partial charge in [0.1, 0.15) is 12.4 Å². The van der Waals surface area contributed by atoms with Crippen LogP contribution >= 0.6 is 0 Å². The van der Waals surface area contributed by atoms with Crippen LogP contribution in [0.2, 0.25) is 0 Å². The Bertz CT molecular complexity index is 714. The fraction of sp³-hybridized carbons (Fsp3) is 0.0625. The Labute approximate surface area is 121 Å². The van der Waals surface area contributed by atoms with Crippen molar-refractivity contribution in [3.8, 4) is 17.6 Å². The Balaban J connectivity index is 2.05. The Morgan fingerprint density at radius 2 is 1.95 bits per heavy atom. The topological polar surface area (TPSA) is 69.4 Å². The van der Waals surface area contributed by atoms with Crippen LogP contribution in [0.15, 0.2) is 48.5 Å². The number of nitrogens with zero attached hydrogens (tertiary/aromatic N) is 1. The summed E-state index contributed by atoms with van der Waals surface area (Å²) in [5.41, 5.74) is 0.839. The number of benzene rings is 2. The fourth-order valence-electron chi connectivity index (χ4n) is 1.65. The third-order valence-electron chi connectivity index (χ3n) is 2.64. The van der Waals surface area contributed by atoms with Crippen molar-refractivity contribution < 1.29 is 14.5 Å². The first kappa shape index (κ1) is 14.3. The molecule has 2 aromatic carbocycles. The number of ether oxygens (including phenoxy) is 1. The van der Waals surface area contributed by atoms with Crippen LogP contribution in [0.1, 0.15) is 15.9 Å². The van der Waals surface area contributed by atoms with E-state index in [1.165, 1.54) is 18.2 Å².